The molecular weight excluding hydrogens is 323 g/mol. The van der Waals surface area contributed by atoms with E-state index in [4.69, 9.17) is 4.52 Å². The fourth-order valence-corrected chi connectivity index (χ4v) is 2.23. The van der Waals surface area contributed by atoms with E-state index < -0.39 is 0 Å². The third kappa shape index (κ3) is 4.47. The average molecular weight is 340 g/mol. The molecule has 0 saturated carbocycles. The van der Waals surface area contributed by atoms with Crippen molar-refractivity contribution in [2.24, 2.45) is 0 Å². The molecule has 2 heterocycles. The van der Waals surface area contributed by atoms with Gasteiger partial charge in [0.05, 0.1) is 0 Å². The van der Waals surface area contributed by atoms with E-state index in [-0.39, 0.29) is 24.7 Å². The van der Waals surface area contributed by atoms with Crippen molar-refractivity contribution >= 4 is 5.91 Å². The molecule has 6 nitrogen and oxygen atoms in total. The van der Waals surface area contributed by atoms with Crippen molar-refractivity contribution in [1.29, 1.82) is 0 Å². The van der Waals surface area contributed by atoms with Crippen LogP contribution in [0, 0.1) is 12.7 Å². The number of amides is 1. The minimum atomic E-state index is -0.277. The second-order valence-electron chi connectivity index (χ2n) is 5.61. The molecule has 1 amide bonds. The minimum absolute atomic E-state index is 0.162. The Hall–Kier alpha value is -3.09. The molecule has 0 bridgehead atoms. The van der Waals surface area contributed by atoms with E-state index in [0.29, 0.717) is 29.3 Å². The van der Waals surface area contributed by atoms with Gasteiger partial charge < -0.3 is 9.84 Å². The highest BCUT2D eigenvalue weighted by atomic mass is 19.1. The van der Waals surface area contributed by atoms with Gasteiger partial charge in [-0.2, -0.15) is 4.98 Å². The van der Waals surface area contributed by atoms with Gasteiger partial charge in [-0.3, -0.25) is 9.78 Å². The molecule has 0 saturated heterocycles. The first kappa shape index (κ1) is 16.8. The molecule has 0 aliphatic carbocycles. The molecule has 0 spiro atoms. The molecule has 128 valence electrons. The third-order valence-corrected chi connectivity index (χ3v) is 3.70. The van der Waals surface area contributed by atoms with Crippen LogP contribution in [0.1, 0.15) is 23.4 Å². The maximum Gasteiger partial charge on any atom is 0.227 e. The number of hydrogen-bond acceptors (Lipinski definition) is 5. The molecule has 3 rings (SSSR count). The summed E-state index contributed by atoms with van der Waals surface area (Å²) in [7, 11) is 0. The second-order valence-corrected chi connectivity index (χ2v) is 5.61. The Morgan fingerprint density at radius 2 is 2.04 bits per heavy atom. The molecule has 0 aliphatic rings. The molecule has 7 heteroatoms. The third-order valence-electron chi connectivity index (χ3n) is 3.70. The van der Waals surface area contributed by atoms with Crippen LogP contribution in [-0.2, 0) is 17.8 Å². The summed E-state index contributed by atoms with van der Waals surface area (Å²) in [6, 6.07) is 8.46. The van der Waals surface area contributed by atoms with Gasteiger partial charge in [-0.05, 0) is 36.2 Å². The summed E-state index contributed by atoms with van der Waals surface area (Å²) in [5, 5.41) is 6.64. The van der Waals surface area contributed by atoms with Crippen LogP contribution < -0.4 is 5.32 Å². The van der Waals surface area contributed by atoms with Crippen LogP contribution in [0.4, 0.5) is 4.39 Å². The summed E-state index contributed by atoms with van der Waals surface area (Å²) in [6.45, 7) is 1.98. The lowest BCUT2D eigenvalue weighted by Gasteiger charge is -2.05. The van der Waals surface area contributed by atoms with Crippen LogP contribution >= 0.6 is 0 Å². The maximum atomic E-state index is 13.5. The number of nitrogens with one attached hydrogen (secondary N) is 1. The first-order valence-electron chi connectivity index (χ1n) is 7.86. The molecule has 2 aromatic heterocycles. The van der Waals surface area contributed by atoms with Gasteiger partial charge in [0.15, 0.2) is 0 Å². The van der Waals surface area contributed by atoms with Crippen LogP contribution in [0.3, 0.4) is 0 Å². The molecule has 0 radical (unpaired) electrons. The molecule has 1 N–H and O–H groups in total. The number of aromatic nitrogens is 3. The highest BCUT2D eigenvalue weighted by Crippen LogP contribution is 2.14. The van der Waals surface area contributed by atoms with Gasteiger partial charge >= 0.3 is 0 Å². The van der Waals surface area contributed by atoms with Crippen molar-refractivity contribution in [3.05, 3.63) is 65.6 Å². The summed E-state index contributed by atoms with van der Waals surface area (Å²) >= 11 is 0. The van der Waals surface area contributed by atoms with Crippen molar-refractivity contribution < 1.29 is 13.7 Å². The summed E-state index contributed by atoms with van der Waals surface area (Å²) in [6.07, 6.45) is 3.85. The molecule has 3 aromatic rings. The van der Waals surface area contributed by atoms with Crippen LogP contribution in [0.2, 0.25) is 0 Å². The van der Waals surface area contributed by atoms with Crippen molar-refractivity contribution in [2.75, 3.05) is 0 Å². The standard InChI is InChI=1S/C18H17FN4O2/c1-12-2-3-13(10-15(12)19)11-21-16(24)4-5-17-22-18(23-25-17)14-6-8-20-9-7-14/h2-3,6-10H,4-5,11H2,1H3,(H,21,24). The Bertz CT molecular complexity index is 865. The Morgan fingerprint density at radius 1 is 1.24 bits per heavy atom. The molecule has 25 heavy (non-hydrogen) atoms. The van der Waals surface area contributed by atoms with Crippen LogP contribution in [0.5, 0.6) is 0 Å². The van der Waals surface area contributed by atoms with Crippen LogP contribution in [0.15, 0.2) is 47.2 Å². The fourth-order valence-electron chi connectivity index (χ4n) is 2.23. The lowest BCUT2D eigenvalue weighted by molar-refractivity contribution is -0.121. The van der Waals surface area contributed by atoms with E-state index in [1.807, 2.05) is 0 Å². The van der Waals surface area contributed by atoms with Gasteiger partial charge in [0.2, 0.25) is 17.6 Å². The van der Waals surface area contributed by atoms with E-state index in [1.165, 1.54) is 6.07 Å². The molecule has 1 aromatic carbocycles. The molecule has 0 aliphatic heterocycles. The Balaban J connectivity index is 1.49. The van der Waals surface area contributed by atoms with E-state index >= 15 is 0 Å². The SMILES string of the molecule is Cc1ccc(CNC(=O)CCc2nc(-c3ccncc3)no2)cc1F. The van der Waals surface area contributed by atoms with Crippen LogP contribution in [0.25, 0.3) is 11.4 Å². The van der Waals surface area contributed by atoms with Gasteiger partial charge in [0.1, 0.15) is 5.82 Å². The second kappa shape index (κ2) is 7.65. The molecule has 0 atom stereocenters. The largest absolute Gasteiger partial charge is 0.352 e. The van der Waals surface area contributed by atoms with Crippen molar-refractivity contribution in [2.45, 2.75) is 26.3 Å². The van der Waals surface area contributed by atoms with Crippen LogP contribution in [-0.4, -0.2) is 21.0 Å². The predicted molar refractivity (Wildman–Crippen MR) is 88.8 cm³/mol. The number of carbonyl (C=O) groups is 1. The molecule has 0 unspecified atom stereocenters. The first-order chi connectivity index (χ1) is 12.1. The van der Waals surface area contributed by atoms with Gasteiger partial charge in [-0.15, -0.1) is 0 Å². The Labute approximate surface area is 144 Å². The van der Waals surface area contributed by atoms with Gasteiger partial charge in [-0.1, -0.05) is 17.3 Å². The number of rotatable bonds is 6. The Kier molecular flexibility index (Phi) is 5.13. The minimum Gasteiger partial charge on any atom is -0.352 e. The molecule has 0 fully saturated rings. The number of benzene rings is 1. The van der Waals surface area contributed by atoms with Crippen molar-refractivity contribution in [3.8, 4) is 11.4 Å². The first-order valence-corrected chi connectivity index (χ1v) is 7.86. The summed E-state index contributed by atoms with van der Waals surface area (Å²) < 4.78 is 18.6. The summed E-state index contributed by atoms with van der Waals surface area (Å²) in [5.74, 6) is 0.419. The number of aryl methyl sites for hydroxylation is 2. The fraction of sp³-hybridized carbons (Fsp3) is 0.222. The Morgan fingerprint density at radius 3 is 2.80 bits per heavy atom. The van der Waals surface area contributed by atoms with E-state index in [0.717, 1.165) is 5.56 Å². The van der Waals surface area contributed by atoms with Crippen molar-refractivity contribution in [3.63, 3.8) is 0 Å². The van der Waals surface area contributed by atoms with Gasteiger partial charge in [0.25, 0.3) is 0 Å². The number of pyridine rings is 1. The van der Waals surface area contributed by atoms with Crippen molar-refractivity contribution in [1.82, 2.24) is 20.4 Å². The monoisotopic (exact) mass is 340 g/mol. The topological polar surface area (TPSA) is 80.9 Å². The number of carbonyl (C=O) groups excluding carboxylic acids is 1. The average Bonchev–Trinajstić information content (AvgIpc) is 3.11. The van der Waals surface area contributed by atoms with E-state index in [2.05, 4.69) is 20.4 Å². The summed E-state index contributed by atoms with van der Waals surface area (Å²) in [5.41, 5.74) is 2.10. The smallest absolute Gasteiger partial charge is 0.227 e. The molecular formula is C18H17FN4O2. The lowest BCUT2D eigenvalue weighted by atomic mass is 10.1. The zero-order valence-electron chi connectivity index (χ0n) is 13.7. The van der Waals surface area contributed by atoms with Gasteiger partial charge in [0, 0.05) is 37.3 Å². The van der Waals surface area contributed by atoms with Gasteiger partial charge in [-0.25, -0.2) is 4.39 Å². The lowest BCUT2D eigenvalue weighted by Crippen LogP contribution is -2.23. The zero-order valence-corrected chi connectivity index (χ0v) is 13.7. The normalized spacial score (nSPS) is 10.6. The number of hydrogen-bond donors (Lipinski definition) is 1. The summed E-state index contributed by atoms with van der Waals surface area (Å²) in [4.78, 5) is 20.1. The number of halogens is 1. The zero-order chi connectivity index (χ0) is 17.6. The van der Waals surface area contributed by atoms with E-state index in [9.17, 15) is 9.18 Å². The highest BCUT2D eigenvalue weighted by molar-refractivity contribution is 5.76. The highest BCUT2D eigenvalue weighted by Gasteiger charge is 2.10. The number of nitrogens with zero attached hydrogens (tertiary/aromatic N) is 3. The predicted octanol–water partition coefficient (Wildman–Crippen LogP) is 2.83. The van der Waals surface area contributed by atoms with E-state index in [1.54, 1.807) is 43.6 Å². The maximum absolute atomic E-state index is 13.5. The quantitative estimate of drug-likeness (QED) is 0.746.